The molecule has 2 aromatic carbocycles. The minimum absolute atomic E-state index is 0.147. The average Bonchev–Trinajstić information content (AvgIpc) is 2.57. The van der Waals surface area contributed by atoms with Gasteiger partial charge in [-0.1, -0.05) is 35.9 Å². The highest BCUT2D eigenvalue weighted by Gasteiger charge is 2.30. The molecule has 0 fully saturated rings. The Kier molecular flexibility index (Phi) is 4.39. The van der Waals surface area contributed by atoms with Crippen molar-refractivity contribution in [1.29, 1.82) is 0 Å². The Labute approximate surface area is 146 Å². The molecular formula is C18H12ClF3N2O. The predicted octanol–water partition coefficient (Wildman–Crippen LogP) is 4.79. The van der Waals surface area contributed by atoms with E-state index in [1.54, 1.807) is 31.3 Å². The zero-order valence-electron chi connectivity index (χ0n) is 13.0. The highest BCUT2D eigenvalue weighted by Crippen LogP contribution is 2.31. The number of benzene rings is 2. The third kappa shape index (κ3) is 3.58. The Balaban J connectivity index is 2.19. The summed E-state index contributed by atoms with van der Waals surface area (Å²) in [6.07, 6.45) is -3.06. The molecule has 128 valence electrons. The van der Waals surface area contributed by atoms with Gasteiger partial charge in [0.15, 0.2) is 0 Å². The second-order valence-electron chi connectivity index (χ2n) is 5.48. The summed E-state index contributed by atoms with van der Waals surface area (Å²) in [6, 6.07) is 11.2. The van der Waals surface area contributed by atoms with E-state index in [-0.39, 0.29) is 16.8 Å². The molecule has 3 nitrogen and oxygen atoms in total. The summed E-state index contributed by atoms with van der Waals surface area (Å²) in [6.45, 7) is 0. The summed E-state index contributed by atoms with van der Waals surface area (Å²) in [5.74, 6) is 0. The lowest BCUT2D eigenvalue weighted by Crippen LogP contribution is -2.15. The molecule has 0 saturated heterocycles. The third-order valence-electron chi connectivity index (χ3n) is 3.65. The van der Waals surface area contributed by atoms with E-state index in [0.717, 1.165) is 12.1 Å². The van der Waals surface area contributed by atoms with Crippen LogP contribution in [-0.4, -0.2) is 9.78 Å². The number of nitrogens with zero attached hydrogens (tertiary/aromatic N) is 2. The first-order valence-corrected chi connectivity index (χ1v) is 7.65. The number of halogens is 4. The molecule has 1 heterocycles. The summed E-state index contributed by atoms with van der Waals surface area (Å²) in [5.41, 5.74) is -0.230. The standard InChI is InChI=1S/C18H12ClF3N2O/c1-24-10-15(12-3-2-4-13(9-12)18(20,21)22)17(25)16(23-24)11-5-7-14(19)8-6-11/h2-10H,1H3. The van der Waals surface area contributed by atoms with Crippen LogP contribution in [0.25, 0.3) is 22.4 Å². The maximum absolute atomic E-state index is 12.9. The molecule has 7 heteroatoms. The molecule has 0 saturated carbocycles. The lowest BCUT2D eigenvalue weighted by atomic mass is 10.0. The van der Waals surface area contributed by atoms with Gasteiger partial charge in [-0.15, -0.1) is 0 Å². The molecule has 3 aromatic rings. The molecule has 0 unspecified atom stereocenters. The maximum atomic E-state index is 12.9. The van der Waals surface area contributed by atoms with Crippen LogP contribution in [0.1, 0.15) is 5.56 Å². The fraction of sp³-hybridized carbons (Fsp3) is 0.111. The van der Waals surface area contributed by atoms with Crippen LogP contribution in [0.5, 0.6) is 0 Å². The zero-order valence-corrected chi connectivity index (χ0v) is 13.8. The van der Waals surface area contributed by atoms with Crippen LogP contribution < -0.4 is 5.43 Å². The van der Waals surface area contributed by atoms with Gasteiger partial charge in [-0.3, -0.25) is 9.48 Å². The lowest BCUT2D eigenvalue weighted by Gasteiger charge is -2.11. The van der Waals surface area contributed by atoms with E-state index < -0.39 is 17.2 Å². The number of rotatable bonds is 2. The summed E-state index contributed by atoms with van der Waals surface area (Å²) >= 11 is 5.85. The second kappa shape index (κ2) is 6.37. The summed E-state index contributed by atoms with van der Waals surface area (Å²) in [7, 11) is 1.61. The van der Waals surface area contributed by atoms with E-state index in [1.165, 1.54) is 23.0 Å². The second-order valence-corrected chi connectivity index (χ2v) is 5.92. The highest BCUT2D eigenvalue weighted by atomic mass is 35.5. The molecular weight excluding hydrogens is 353 g/mol. The molecule has 0 aliphatic carbocycles. The topological polar surface area (TPSA) is 34.9 Å². The van der Waals surface area contributed by atoms with Crippen molar-refractivity contribution in [3.8, 4) is 22.4 Å². The van der Waals surface area contributed by atoms with Crippen molar-refractivity contribution >= 4 is 11.6 Å². The Morgan fingerprint density at radius 2 is 1.72 bits per heavy atom. The molecule has 0 aliphatic heterocycles. The van der Waals surface area contributed by atoms with Crippen molar-refractivity contribution in [2.45, 2.75) is 6.18 Å². The van der Waals surface area contributed by atoms with Crippen molar-refractivity contribution in [2.24, 2.45) is 7.05 Å². The maximum Gasteiger partial charge on any atom is 0.416 e. The summed E-state index contributed by atoms with van der Waals surface area (Å²) in [5, 5.41) is 4.68. The molecule has 1 aromatic heterocycles. The van der Waals surface area contributed by atoms with Crippen LogP contribution in [-0.2, 0) is 13.2 Å². The Morgan fingerprint density at radius 3 is 2.36 bits per heavy atom. The highest BCUT2D eigenvalue weighted by molar-refractivity contribution is 6.30. The van der Waals surface area contributed by atoms with Gasteiger partial charge in [0, 0.05) is 29.4 Å². The average molecular weight is 365 g/mol. The minimum Gasteiger partial charge on any atom is -0.287 e. The van der Waals surface area contributed by atoms with Crippen molar-refractivity contribution in [2.75, 3.05) is 0 Å². The minimum atomic E-state index is -4.48. The number of alkyl halides is 3. The van der Waals surface area contributed by atoms with E-state index in [1.807, 2.05) is 0 Å². The zero-order chi connectivity index (χ0) is 18.2. The van der Waals surface area contributed by atoms with Gasteiger partial charge in [-0.25, -0.2) is 0 Å². The van der Waals surface area contributed by atoms with Crippen molar-refractivity contribution in [1.82, 2.24) is 9.78 Å². The fourth-order valence-corrected chi connectivity index (χ4v) is 2.60. The van der Waals surface area contributed by atoms with Crippen LogP contribution in [0.3, 0.4) is 0 Å². The molecule has 0 atom stereocenters. The van der Waals surface area contributed by atoms with E-state index in [0.29, 0.717) is 10.6 Å². The SMILES string of the molecule is Cn1cc(-c2cccc(C(F)(F)F)c2)c(=O)c(-c2ccc(Cl)cc2)n1. The van der Waals surface area contributed by atoms with E-state index in [4.69, 9.17) is 11.6 Å². The van der Waals surface area contributed by atoms with Crippen LogP contribution in [0, 0.1) is 0 Å². The van der Waals surface area contributed by atoms with E-state index in [9.17, 15) is 18.0 Å². The fourth-order valence-electron chi connectivity index (χ4n) is 2.47. The van der Waals surface area contributed by atoms with Gasteiger partial charge >= 0.3 is 6.18 Å². The van der Waals surface area contributed by atoms with Gasteiger partial charge in [-0.05, 0) is 29.8 Å². The molecule has 0 spiro atoms. The van der Waals surface area contributed by atoms with Gasteiger partial charge in [0.05, 0.1) is 5.56 Å². The Hall–Kier alpha value is -2.60. The van der Waals surface area contributed by atoms with Gasteiger partial charge in [-0.2, -0.15) is 18.3 Å². The van der Waals surface area contributed by atoms with Crippen molar-refractivity contribution in [3.63, 3.8) is 0 Å². The van der Waals surface area contributed by atoms with Crippen LogP contribution in [0.15, 0.2) is 59.5 Å². The van der Waals surface area contributed by atoms with E-state index >= 15 is 0 Å². The Bertz CT molecular complexity index is 979. The smallest absolute Gasteiger partial charge is 0.287 e. The molecule has 0 aliphatic rings. The number of hydrogen-bond acceptors (Lipinski definition) is 2. The first-order chi connectivity index (χ1) is 11.8. The van der Waals surface area contributed by atoms with Crippen LogP contribution in [0.4, 0.5) is 13.2 Å². The number of aromatic nitrogens is 2. The van der Waals surface area contributed by atoms with Gasteiger partial charge in [0.1, 0.15) is 5.69 Å². The quantitative estimate of drug-likeness (QED) is 0.655. The van der Waals surface area contributed by atoms with Gasteiger partial charge in [0.25, 0.3) is 0 Å². The van der Waals surface area contributed by atoms with Crippen molar-refractivity contribution in [3.05, 3.63) is 75.5 Å². The molecule has 0 N–H and O–H groups in total. The monoisotopic (exact) mass is 364 g/mol. The molecule has 0 amide bonds. The first-order valence-electron chi connectivity index (χ1n) is 7.27. The molecule has 3 rings (SSSR count). The Morgan fingerprint density at radius 1 is 1.04 bits per heavy atom. The summed E-state index contributed by atoms with van der Waals surface area (Å²) < 4.78 is 40.2. The van der Waals surface area contributed by atoms with Crippen molar-refractivity contribution < 1.29 is 13.2 Å². The normalized spacial score (nSPS) is 11.6. The van der Waals surface area contributed by atoms with Crippen LogP contribution in [0.2, 0.25) is 5.02 Å². The molecule has 0 radical (unpaired) electrons. The molecule has 0 bridgehead atoms. The summed E-state index contributed by atoms with van der Waals surface area (Å²) in [4.78, 5) is 12.8. The first kappa shape index (κ1) is 17.2. The number of aryl methyl sites for hydroxylation is 1. The third-order valence-corrected chi connectivity index (χ3v) is 3.90. The molecule has 25 heavy (non-hydrogen) atoms. The van der Waals surface area contributed by atoms with E-state index in [2.05, 4.69) is 5.10 Å². The predicted molar refractivity (Wildman–Crippen MR) is 90.4 cm³/mol. The number of hydrogen-bond donors (Lipinski definition) is 0. The van der Waals surface area contributed by atoms with Gasteiger partial charge < -0.3 is 0 Å². The largest absolute Gasteiger partial charge is 0.416 e. The lowest BCUT2D eigenvalue weighted by molar-refractivity contribution is -0.137. The van der Waals surface area contributed by atoms with Crippen LogP contribution >= 0.6 is 11.6 Å². The van der Waals surface area contributed by atoms with Gasteiger partial charge in [0.2, 0.25) is 5.43 Å².